The van der Waals surface area contributed by atoms with Gasteiger partial charge in [0.15, 0.2) is 0 Å². The van der Waals surface area contributed by atoms with Crippen LogP contribution < -0.4 is 5.73 Å². The van der Waals surface area contributed by atoms with Gasteiger partial charge < -0.3 is 10.5 Å². The third kappa shape index (κ3) is 7.47. The molecule has 0 spiro atoms. The lowest BCUT2D eigenvalue weighted by Gasteiger charge is -2.21. The van der Waals surface area contributed by atoms with Gasteiger partial charge in [0, 0.05) is 29.4 Å². The number of nitrogens with two attached hydrogens (primary N) is 1. The molecule has 0 aromatic heterocycles. The maximum atomic E-state index is 11.4. The first-order valence-corrected chi connectivity index (χ1v) is 6.54. The van der Waals surface area contributed by atoms with Crippen LogP contribution in [0.4, 0.5) is 0 Å². The van der Waals surface area contributed by atoms with E-state index >= 15 is 0 Å². The highest BCUT2D eigenvalue weighted by molar-refractivity contribution is 7.84. The SMILES string of the molecule is COCCS(=O)CCCC(C)(C)CN. The van der Waals surface area contributed by atoms with Gasteiger partial charge in [-0.25, -0.2) is 0 Å². The average molecular weight is 221 g/mol. The molecular formula is C10H23NO2S. The van der Waals surface area contributed by atoms with E-state index in [0.29, 0.717) is 18.9 Å². The molecule has 86 valence electrons. The molecule has 14 heavy (non-hydrogen) atoms. The second-order valence-corrected chi connectivity index (χ2v) is 6.01. The number of ether oxygens (including phenoxy) is 1. The molecule has 0 aliphatic rings. The van der Waals surface area contributed by atoms with E-state index in [9.17, 15) is 4.21 Å². The van der Waals surface area contributed by atoms with Crippen LogP contribution in [0.25, 0.3) is 0 Å². The lowest BCUT2D eigenvalue weighted by Crippen LogP contribution is -2.24. The van der Waals surface area contributed by atoms with Crippen molar-refractivity contribution < 1.29 is 8.95 Å². The Kier molecular flexibility index (Phi) is 7.41. The monoisotopic (exact) mass is 221 g/mol. The zero-order chi connectivity index (χ0) is 11.0. The minimum Gasteiger partial charge on any atom is -0.384 e. The summed E-state index contributed by atoms with van der Waals surface area (Å²) in [7, 11) is 0.911. The maximum absolute atomic E-state index is 11.4. The first-order chi connectivity index (χ1) is 6.52. The molecule has 0 amide bonds. The lowest BCUT2D eigenvalue weighted by molar-refractivity contribution is 0.218. The summed E-state index contributed by atoms with van der Waals surface area (Å²) < 4.78 is 16.2. The molecule has 4 heteroatoms. The molecule has 0 bridgehead atoms. The van der Waals surface area contributed by atoms with E-state index in [0.717, 1.165) is 18.6 Å². The Morgan fingerprint density at radius 3 is 2.50 bits per heavy atom. The molecule has 1 atom stereocenters. The molecule has 0 saturated heterocycles. The summed E-state index contributed by atoms with van der Waals surface area (Å²) in [6.07, 6.45) is 2.03. The normalized spacial score (nSPS) is 14.3. The van der Waals surface area contributed by atoms with Crippen LogP contribution in [0.1, 0.15) is 26.7 Å². The first-order valence-electron chi connectivity index (χ1n) is 5.06. The summed E-state index contributed by atoms with van der Waals surface area (Å²) >= 11 is 0. The Hall–Kier alpha value is 0.0700. The van der Waals surface area contributed by atoms with Crippen LogP contribution in [-0.4, -0.2) is 36.0 Å². The van der Waals surface area contributed by atoms with Crippen LogP contribution in [0.5, 0.6) is 0 Å². The number of hydrogen-bond acceptors (Lipinski definition) is 3. The van der Waals surface area contributed by atoms with Gasteiger partial charge >= 0.3 is 0 Å². The van der Waals surface area contributed by atoms with Crippen molar-refractivity contribution in [2.45, 2.75) is 26.7 Å². The van der Waals surface area contributed by atoms with E-state index in [-0.39, 0.29) is 5.41 Å². The third-order valence-electron chi connectivity index (χ3n) is 2.29. The van der Waals surface area contributed by atoms with Gasteiger partial charge in [-0.15, -0.1) is 0 Å². The van der Waals surface area contributed by atoms with Gasteiger partial charge in [0.2, 0.25) is 0 Å². The van der Waals surface area contributed by atoms with Crippen LogP contribution in [-0.2, 0) is 15.5 Å². The van der Waals surface area contributed by atoms with Crippen LogP contribution in [0, 0.1) is 5.41 Å². The number of hydrogen-bond donors (Lipinski definition) is 1. The van der Waals surface area contributed by atoms with Gasteiger partial charge in [-0.05, 0) is 24.8 Å². The molecule has 0 heterocycles. The summed E-state index contributed by atoms with van der Waals surface area (Å²) in [5.74, 6) is 1.42. The van der Waals surface area contributed by atoms with Crippen molar-refractivity contribution in [1.82, 2.24) is 0 Å². The molecule has 0 rings (SSSR count). The van der Waals surface area contributed by atoms with Gasteiger partial charge in [0.25, 0.3) is 0 Å². The molecule has 0 aliphatic heterocycles. The summed E-state index contributed by atoms with van der Waals surface area (Å²) in [6, 6.07) is 0. The minimum atomic E-state index is -0.722. The summed E-state index contributed by atoms with van der Waals surface area (Å²) in [6.45, 7) is 5.57. The molecule has 0 aliphatic carbocycles. The topological polar surface area (TPSA) is 52.3 Å². The highest BCUT2D eigenvalue weighted by atomic mass is 32.2. The van der Waals surface area contributed by atoms with Gasteiger partial charge in [0.05, 0.1) is 6.61 Å². The zero-order valence-corrected chi connectivity index (χ0v) is 10.4. The van der Waals surface area contributed by atoms with Crippen molar-refractivity contribution in [3.05, 3.63) is 0 Å². The predicted octanol–water partition coefficient (Wildman–Crippen LogP) is 1.15. The fourth-order valence-corrected chi connectivity index (χ4v) is 2.12. The van der Waals surface area contributed by atoms with Crippen molar-refractivity contribution in [2.24, 2.45) is 11.1 Å². The fraction of sp³-hybridized carbons (Fsp3) is 1.00. The van der Waals surface area contributed by atoms with Crippen molar-refractivity contribution in [3.8, 4) is 0 Å². The van der Waals surface area contributed by atoms with E-state index in [1.807, 2.05) is 0 Å². The quantitative estimate of drug-likeness (QED) is 0.669. The van der Waals surface area contributed by atoms with E-state index in [1.165, 1.54) is 0 Å². The molecular weight excluding hydrogens is 198 g/mol. The Balaban J connectivity index is 3.49. The van der Waals surface area contributed by atoms with Crippen LogP contribution in [0.15, 0.2) is 0 Å². The Labute approximate surface area is 89.9 Å². The molecule has 3 nitrogen and oxygen atoms in total. The summed E-state index contributed by atoms with van der Waals surface area (Å²) in [5.41, 5.74) is 5.79. The molecule has 2 N–H and O–H groups in total. The van der Waals surface area contributed by atoms with Crippen molar-refractivity contribution in [2.75, 3.05) is 31.8 Å². The lowest BCUT2D eigenvalue weighted by atomic mass is 9.88. The fourth-order valence-electron chi connectivity index (χ4n) is 1.09. The van der Waals surface area contributed by atoms with Crippen molar-refractivity contribution in [3.63, 3.8) is 0 Å². The molecule has 1 unspecified atom stereocenters. The largest absolute Gasteiger partial charge is 0.384 e. The van der Waals surface area contributed by atoms with Gasteiger partial charge in [-0.3, -0.25) is 4.21 Å². The van der Waals surface area contributed by atoms with E-state index in [4.69, 9.17) is 10.5 Å². The Morgan fingerprint density at radius 2 is 2.00 bits per heavy atom. The number of rotatable bonds is 8. The second-order valence-electron chi connectivity index (χ2n) is 4.31. The van der Waals surface area contributed by atoms with Crippen molar-refractivity contribution >= 4 is 10.8 Å². The first kappa shape index (κ1) is 14.1. The van der Waals surface area contributed by atoms with Gasteiger partial charge in [0.1, 0.15) is 0 Å². The highest BCUT2D eigenvalue weighted by Gasteiger charge is 2.15. The molecule has 0 saturated carbocycles. The third-order valence-corrected chi connectivity index (χ3v) is 3.66. The second kappa shape index (κ2) is 7.37. The van der Waals surface area contributed by atoms with Crippen LogP contribution in [0.3, 0.4) is 0 Å². The smallest absolute Gasteiger partial charge is 0.0577 e. The molecule has 0 radical (unpaired) electrons. The molecule has 0 aromatic rings. The summed E-state index contributed by atoms with van der Waals surface area (Å²) in [5, 5.41) is 0. The van der Waals surface area contributed by atoms with E-state index in [2.05, 4.69) is 13.8 Å². The van der Waals surface area contributed by atoms with E-state index in [1.54, 1.807) is 7.11 Å². The van der Waals surface area contributed by atoms with Gasteiger partial charge in [-0.2, -0.15) is 0 Å². The maximum Gasteiger partial charge on any atom is 0.0577 e. The molecule has 0 fully saturated rings. The Bertz CT molecular complexity index is 172. The van der Waals surface area contributed by atoms with Gasteiger partial charge in [-0.1, -0.05) is 13.8 Å². The number of methoxy groups -OCH3 is 1. The van der Waals surface area contributed by atoms with Crippen LogP contribution >= 0.6 is 0 Å². The van der Waals surface area contributed by atoms with E-state index < -0.39 is 10.8 Å². The Morgan fingerprint density at radius 1 is 1.36 bits per heavy atom. The highest BCUT2D eigenvalue weighted by Crippen LogP contribution is 2.20. The summed E-state index contributed by atoms with van der Waals surface area (Å²) in [4.78, 5) is 0. The standard InChI is InChI=1S/C10H23NO2S/c1-10(2,9-11)5-4-7-14(12)8-6-13-3/h4-9,11H2,1-3H3. The zero-order valence-electron chi connectivity index (χ0n) is 9.54. The minimum absolute atomic E-state index is 0.186. The predicted molar refractivity (Wildman–Crippen MR) is 61.8 cm³/mol. The molecule has 0 aromatic carbocycles. The average Bonchev–Trinajstić information content (AvgIpc) is 2.14. The van der Waals surface area contributed by atoms with Crippen molar-refractivity contribution in [1.29, 1.82) is 0 Å². The van der Waals surface area contributed by atoms with Crippen LogP contribution in [0.2, 0.25) is 0 Å².